The Morgan fingerprint density at radius 1 is 0.944 bits per heavy atom. The lowest BCUT2D eigenvalue weighted by Gasteiger charge is -2.10. The van der Waals surface area contributed by atoms with E-state index in [-0.39, 0.29) is 29.7 Å². The maximum atomic E-state index is 12.6. The van der Waals surface area contributed by atoms with Gasteiger partial charge in [0.15, 0.2) is 5.78 Å². The molecule has 0 aliphatic carbocycles. The largest absolute Gasteiger partial charge is 0.507 e. The molecular weight excluding hydrogens is 480 g/mol. The van der Waals surface area contributed by atoms with Gasteiger partial charge in [-0.05, 0) is 37.8 Å². The maximum absolute atomic E-state index is 12.6. The summed E-state index contributed by atoms with van der Waals surface area (Å²) < 4.78 is 0. The number of Topliss-reactive ketones (excluding diaryl/α,β-unsaturated/α-hetero) is 1. The normalized spacial score (nSPS) is 14.8. The van der Waals surface area contributed by atoms with Crippen molar-refractivity contribution in [1.29, 1.82) is 0 Å². The first-order chi connectivity index (χ1) is 17.2. The Morgan fingerprint density at radius 2 is 1.61 bits per heavy atom. The van der Waals surface area contributed by atoms with Crippen molar-refractivity contribution >= 4 is 30.3 Å². The van der Waals surface area contributed by atoms with Crippen molar-refractivity contribution in [3.63, 3.8) is 0 Å². The number of hydrogen-bond acceptors (Lipinski definition) is 7. The molecule has 0 saturated heterocycles. The minimum absolute atomic E-state index is 0.0403. The first-order valence-electron chi connectivity index (χ1n) is 12.1. The minimum Gasteiger partial charge on any atom is -0.507 e. The fourth-order valence-corrected chi connectivity index (χ4v) is 3.04. The van der Waals surface area contributed by atoms with Crippen LogP contribution in [0.25, 0.3) is 0 Å². The number of aliphatic hydroxyl groups excluding tert-OH is 2. The van der Waals surface area contributed by atoms with Crippen molar-refractivity contribution in [2.75, 3.05) is 12.3 Å². The molecule has 0 rings (SSSR count). The Hall–Kier alpha value is -2.88. The van der Waals surface area contributed by atoms with E-state index in [1.165, 1.54) is 30.4 Å². The van der Waals surface area contributed by atoms with Crippen LogP contribution in [0.3, 0.4) is 0 Å². The molecule has 0 aromatic heterocycles. The molecule has 0 aromatic carbocycles. The van der Waals surface area contributed by atoms with E-state index in [1.807, 2.05) is 12.2 Å². The second kappa shape index (κ2) is 21.4. The van der Waals surface area contributed by atoms with Crippen LogP contribution in [0.5, 0.6) is 0 Å². The van der Waals surface area contributed by atoms with E-state index in [0.717, 1.165) is 51.0 Å². The lowest BCUT2D eigenvalue weighted by molar-refractivity contribution is -0.131. The Balaban J connectivity index is 5.09. The number of carbonyl (C=O) groups excluding carboxylic acids is 2. The predicted octanol–water partition coefficient (Wildman–Crippen LogP) is 3.72. The summed E-state index contributed by atoms with van der Waals surface area (Å²) in [7, 11) is 0. The van der Waals surface area contributed by atoms with Gasteiger partial charge in [-0.3, -0.25) is 9.59 Å². The van der Waals surface area contributed by atoms with Crippen molar-refractivity contribution < 1.29 is 29.7 Å². The molecular formula is C27H40N2O6S. The first kappa shape index (κ1) is 33.1. The van der Waals surface area contributed by atoms with Crippen molar-refractivity contribution in [1.82, 2.24) is 5.32 Å². The summed E-state index contributed by atoms with van der Waals surface area (Å²) in [6.07, 6.45) is 21.0. The van der Waals surface area contributed by atoms with E-state index in [4.69, 9.17) is 10.8 Å². The Kier molecular flexibility index (Phi) is 19.7. The number of ketones is 1. The van der Waals surface area contributed by atoms with Crippen LogP contribution in [0, 0.1) is 0 Å². The monoisotopic (exact) mass is 520 g/mol. The predicted molar refractivity (Wildman–Crippen MR) is 147 cm³/mol. The van der Waals surface area contributed by atoms with Gasteiger partial charge in [0.1, 0.15) is 5.76 Å². The summed E-state index contributed by atoms with van der Waals surface area (Å²) in [4.78, 5) is 34.9. The van der Waals surface area contributed by atoms with Crippen molar-refractivity contribution in [2.24, 2.45) is 5.73 Å². The zero-order chi connectivity index (χ0) is 27.2. The van der Waals surface area contributed by atoms with Gasteiger partial charge in [0.25, 0.3) is 0 Å². The molecule has 9 heteroatoms. The van der Waals surface area contributed by atoms with Gasteiger partial charge >= 0.3 is 5.97 Å². The molecule has 36 heavy (non-hydrogen) atoms. The number of amides is 1. The van der Waals surface area contributed by atoms with Crippen LogP contribution in [0.1, 0.15) is 51.9 Å². The topological polar surface area (TPSA) is 150 Å². The second-order valence-electron chi connectivity index (χ2n) is 8.04. The molecule has 0 bridgehead atoms. The minimum atomic E-state index is -1.11. The van der Waals surface area contributed by atoms with Gasteiger partial charge in [-0.2, -0.15) is 12.6 Å². The van der Waals surface area contributed by atoms with Gasteiger partial charge in [0, 0.05) is 11.8 Å². The molecule has 1 amide bonds. The van der Waals surface area contributed by atoms with Gasteiger partial charge < -0.3 is 26.4 Å². The standard InChI is InChI=1S/C27H40N2O6S/c1-2-3-9-14-21(30)15-10-6-4-5-7-11-16-22(24(31)17-12-8-13-18-26(33)34)25(32)19-29-27(35)23(28)20-36/h4-5,7-8,11-13,16-18,21,23,30-31,36H,2-3,6,9-10,14-15,19-20,28H2,1H3,(H,29,35)(H,33,34)/b5-4?,11-7-,12-8-,18-13?,22-16+,24-17-/t21?,23-/m0/s1. The Labute approximate surface area is 219 Å². The fraction of sp³-hybridized carbons (Fsp3) is 0.444. The molecule has 6 N–H and O–H groups in total. The lowest BCUT2D eigenvalue weighted by atomic mass is 10.1. The van der Waals surface area contributed by atoms with E-state index in [1.54, 1.807) is 12.2 Å². The van der Waals surface area contributed by atoms with E-state index in [2.05, 4.69) is 24.9 Å². The number of rotatable bonds is 19. The number of carboxylic acid groups (broad SMARTS) is 1. The van der Waals surface area contributed by atoms with E-state index < -0.39 is 23.7 Å². The molecule has 0 radical (unpaired) electrons. The van der Waals surface area contributed by atoms with Crippen molar-refractivity contribution in [3.05, 3.63) is 72.1 Å². The van der Waals surface area contributed by atoms with Crippen LogP contribution in [0.4, 0.5) is 0 Å². The first-order valence-corrected chi connectivity index (χ1v) is 12.7. The van der Waals surface area contributed by atoms with Gasteiger partial charge in [0.2, 0.25) is 5.91 Å². The molecule has 0 aromatic rings. The molecule has 0 spiro atoms. The molecule has 200 valence electrons. The molecule has 0 heterocycles. The summed E-state index contributed by atoms with van der Waals surface area (Å²) in [6.45, 7) is 1.77. The van der Waals surface area contributed by atoms with E-state index in [9.17, 15) is 24.6 Å². The average Bonchev–Trinajstić information content (AvgIpc) is 2.85. The van der Waals surface area contributed by atoms with Crippen LogP contribution >= 0.6 is 12.6 Å². The highest BCUT2D eigenvalue weighted by atomic mass is 32.1. The highest BCUT2D eigenvalue weighted by Gasteiger charge is 2.16. The van der Waals surface area contributed by atoms with Crippen LogP contribution in [0.15, 0.2) is 72.1 Å². The fourth-order valence-electron chi connectivity index (χ4n) is 2.87. The smallest absolute Gasteiger partial charge is 0.328 e. The number of aliphatic carboxylic acids is 1. The molecule has 0 aliphatic rings. The molecule has 2 atom stereocenters. The molecule has 1 unspecified atom stereocenters. The Morgan fingerprint density at radius 3 is 2.28 bits per heavy atom. The van der Waals surface area contributed by atoms with Crippen LogP contribution in [-0.4, -0.2) is 57.4 Å². The number of allylic oxidation sites excluding steroid dienone is 10. The number of hydrogen-bond donors (Lipinski definition) is 6. The van der Waals surface area contributed by atoms with Crippen LogP contribution in [0.2, 0.25) is 0 Å². The summed E-state index contributed by atoms with van der Waals surface area (Å²) >= 11 is 3.95. The average molecular weight is 521 g/mol. The Bertz CT molecular complexity index is 858. The number of thiol groups is 1. The zero-order valence-corrected chi connectivity index (χ0v) is 21.8. The maximum Gasteiger partial charge on any atom is 0.328 e. The van der Waals surface area contributed by atoms with Gasteiger partial charge in [-0.1, -0.05) is 68.7 Å². The summed E-state index contributed by atoms with van der Waals surface area (Å²) in [5.74, 6) is -2.41. The second-order valence-corrected chi connectivity index (χ2v) is 8.40. The highest BCUT2D eigenvalue weighted by molar-refractivity contribution is 7.80. The van der Waals surface area contributed by atoms with E-state index >= 15 is 0 Å². The lowest BCUT2D eigenvalue weighted by Crippen LogP contribution is -2.43. The zero-order valence-electron chi connectivity index (χ0n) is 20.9. The molecule has 0 saturated carbocycles. The third-order valence-corrected chi connectivity index (χ3v) is 5.31. The van der Waals surface area contributed by atoms with Gasteiger partial charge in [-0.25, -0.2) is 4.79 Å². The SMILES string of the molecule is CCCCCC(O)CCCC=C\C=C/C=C(C(=O)CNC(=O)[C@@H](N)CS)\C(O)=C\C=C/C=CC(=O)O. The van der Waals surface area contributed by atoms with Gasteiger partial charge in [-0.15, -0.1) is 0 Å². The highest BCUT2D eigenvalue weighted by Crippen LogP contribution is 2.11. The van der Waals surface area contributed by atoms with E-state index in [0.29, 0.717) is 0 Å². The number of aliphatic hydroxyl groups is 2. The molecule has 8 nitrogen and oxygen atoms in total. The van der Waals surface area contributed by atoms with Crippen LogP contribution < -0.4 is 11.1 Å². The number of carbonyl (C=O) groups is 3. The quantitative estimate of drug-likeness (QED) is 0.0499. The number of nitrogens with two attached hydrogens (primary N) is 1. The van der Waals surface area contributed by atoms with Crippen molar-refractivity contribution in [3.8, 4) is 0 Å². The van der Waals surface area contributed by atoms with Crippen molar-refractivity contribution in [2.45, 2.75) is 64.0 Å². The summed E-state index contributed by atoms with van der Waals surface area (Å²) in [5, 5.41) is 31.3. The molecule has 0 fully saturated rings. The van der Waals surface area contributed by atoms with Crippen LogP contribution in [-0.2, 0) is 14.4 Å². The number of nitrogens with one attached hydrogen (secondary N) is 1. The number of unbranched alkanes of at least 4 members (excludes halogenated alkanes) is 3. The number of carboxylic acids is 1. The molecule has 0 aliphatic heterocycles. The summed E-state index contributed by atoms with van der Waals surface area (Å²) in [5.41, 5.74) is 5.54. The third kappa shape index (κ3) is 17.5. The summed E-state index contributed by atoms with van der Waals surface area (Å²) in [6, 6.07) is -0.857. The third-order valence-electron chi connectivity index (χ3n) is 4.92. The van der Waals surface area contributed by atoms with Gasteiger partial charge in [0.05, 0.1) is 24.3 Å².